The van der Waals surface area contributed by atoms with Crippen LogP contribution in [0.15, 0.2) is 42.5 Å². The minimum atomic E-state index is -1.02. The van der Waals surface area contributed by atoms with Gasteiger partial charge in [0.15, 0.2) is 6.04 Å². The van der Waals surface area contributed by atoms with Crippen molar-refractivity contribution in [1.82, 2.24) is 0 Å². The quantitative estimate of drug-likeness (QED) is 0.805. The summed E-state index contributed by atoms with van der Waals surface area (Å²) in [5.41, 5.74) is 2.21. The maximum atomic E-state index is 11.4. The topological polar surface area (TPSA) is 69.6 Å². The predicted molar refractivity (Wildman–Crippen MR) is 78.3 cm³/mol. The fourth-order valence-corrected chi connectivity index (χ4v) is 2.08. The van der Waals surface area contributed by atoms with Crippen molar-refractivity contribution >= 4 is 23.3 Å². The van der Waals surface area contributed by atoms with Gasteiger partial charge in [0.25, 0.3) is 0 Å². The third-order valence-corrected chi connectivity index (χ3v) is 3.18. The van der Waals surface area contributed by atoms with Gasteiger partial charge in [-0.15, -0.1) is 0 Å². The molecule has 0 saturated carbocycles. The zero-order chi connectivity index (χ0) is 14.7. The van der Waals surface area contributed by atoms with E-state index in [0.717, 1.165) is 5.56 Å². The molecule has 0 amide bonds. The number of rotatable bonds is 4. The van der Waals surface area contributed by atoms with Gasteiger partial charge in [-0.3, -0.25) is 0 Å². The number of nitrogens with one attached hydrogen (secondary N) is 1. The van der Waals surface area contributed by atoms with Gasteiger partial charge in [-0.25, -0.2) is 4.79 Å². The molecule has 0 aliphatic heterocycles. The van der Waals surface area contributed by atoms with Crippen LogP contribution < -0.4 is 5.32 Å². The van der Waals surface area contributed by atoms with Gasteiger partial charge in [0.05, 0.1) is 5.02 Å². The van der Waals surface area contributed by atoms with Crippen molar-refractivity contribution in [3.63, 3.8) is 0 Å². The molecule has 2 aromatic rings. The molecule has 0 aromatic heterocycles. The van der Waals surface area contributed by atoms with Gasteiger partial charge in [-0.2, -0.15) is 0 Å². The van der Waals surface area contributed by atoms with Crippen LogP contribution in [0.1, 0.15) is 17.2 Å². The minimum absolute atomic E-state index is 0.0740. The van der Waals surface area contributed by atoms with Crippen molar-refractivity contribution < 1.29 is 15.0 Å². The number of benzene rings is 2. The summed E-state index contributed by atoms with van der Waals surface area (Å²) in [4.78, 5) is 11.4. The maximum Gasteiger partial charge on any atom is 0.330 e. The van der Waals surface area contributed by atoms with E-state index in [1.54, 1.807) is 6.07 Å². The number of phenolic OH excluding ortho intramolecular Hbond substituents is 1. The Labute approximate surface area is 121 Å². The number of anilines is 1. The van der Waals surface area contributed by atoms with Crippen LogP contribution in [0.5, 0.6) is 5.75 Å². The van der Waals surface area contributed by atoms with Gasteiger partial charge in [0.2, 0.25) is 0 Å². The third kappa shape index (κ3) is 3.22. The molecule has 2 aromatic carbocycles. The van der Waals surface area contributed by atoms with E-state index >= 15 is 0 Å². The summed E-state index contributed by atoms with van der Waals surface area (Å²) in [7, 11) is 0. The van der Waals surface area contributed by atoms with E-state index in [1.165, 1.54) is 18.2 Å². The van der Waals surface area contributed by atoms with Crippen molar-refractivity contribution in [2.45, 2.75) is 13.0 Å². The largest absolute Gasteiger partial charge is 0.506 e. The second-order valence-corrected chi connectivity index (χ2v) is 4.90. The number of hydrogen-bond acceptors (Lipinski definition) is 3. The molecule has 20 heavy (non-hydrogen) atoms. The van der Waals surface area contributed by atoms with Crippen LogP contribution in [-0.2, 0) is 4.79 Å². The van der Waals surface area contributed by atoms with Crippen molar-refractivity contribution in [2.24, 2.45) is 0 Å². The molecule has 0 radical (unpaired) electrons. The molecule has 3 N–H and O–H groups in total. The molecule has 5 heteroatoms. The van der Waals surface area contributed by atoms with Gasteiger partial charge >= 0.3 is 5.97 Å². The molecule has 0 aliphatic carbocycles. The highest BCUT2D eigenvalue weighted by Gasteiger charge is 2.20. The second-order valence-electron chi connectivity index (χ2n) is 4.50. The number of phenols is 1. The lowest BCUT2D eigenvalue weighted by atomic mass is 10.1. The molecule has 0 aliphatic rings. The zero-order valence-corrected chi connectivity index (χ0v) is 11.6. The van der Waals surface area contributed by atoms with Crippen LogP contribution in [0.2, 0.25) is 5.02 Å². The molecule has 2 rings (SSSR count). The number of aryl methyl sites for hydroxylation is 1. The normalized spacial score (nSPS) is 11.9. The van der Waals surface area contributed by atoms with E-state index in [4.69, 9.17) is 11.6 Å². The van der Waals surface area contributed by atoms with Gasteiger partial charge in [0, 0.05) is 5.69 Å². The Balaban J connectivity index is 2.32. The van der Waals surface area contributed by atoms with Crippen molar-refractivity contribution in [3.8, 4) is 5.75 Å². The summed E-state index contributed by atoms with van der Waals surface area (Å²) in [5.74, 6) is -1.09. The summed E-state index contributed by atoms with van der Waals surface area (Å²) in [5, 5.41) is 21.8. The summed E-state index contributed by atoms with van der Waals surface area (Å²) in [6.07, 6.45) is 0. The van der Waals surface area contributed by atoms with Gasteiger partial charge in [0.1, 0.15) is 5.75 Å². The van der Waals surface area contributed by atoms with Crippen LogP contribution >= 0.6 is 11.6 Å². The van der Waals surface area contributed by atoms with E-state index in [1.807, 2.05) is 25.1 Å². The summed E-state index contributed by atoms with van der Waals surface area (Å²) < 4.78 is 0. The number of halogens is 1. The smallest absolute Gasteiger partial charge is 0.330 e. The Morgan fingerprint density at radius 2 is 2.00 bits per heavy atom. The van der Waals surface area contributed by atoms with Crippen LogP contribution in [-0.4, -0.2) is 16.2 Å². The Morgan fingerprint density at radius 3 is 2.60 bits per heavy atom. The number of hydrogen-bond donors (Lipinski definition) is 3. The van der Waals surface area contributed by atoms with Crippen molar-refractivity contribution in [2.75, 3.05) is 5.32 Å². The van der Waals surface area contributed by atoms with Crippen molar-refractivity contribution in [3.05, 3.63) is 58.6 Å². The number of aromatic hydroxyl groups is 1. The SMILES string of the molecule is Cc1cccc(NC(C(=O)O)c2ccc(O)c(Cl)c2)c1. The lowest BCUT2D eigenvalue weighted by molar-refractivity contribution is -0.138. The van der Waals surface area contributed by atoms with E-state index in [0.29, 0.717) is 11.3 Å². The van der Waals surface area contributed by atoms with Crippen LogP contribution in [0.25, 0.3) is 0 Å². The monoisotopic (exact) mass is 291 g/mol. The predicted octanol–water partition coefficient (Wildman–Crippen LogP) is 3.59. The standard InChI is InChI=1S/C15H14ClNO3/c1-9-3-2-4-11(7-9)17-14(15(19)20)10-5-6-13(18)12(16)8-10/h2-8,14,17-18H,1H3,(H,19,20). The second kappa shape index (κ2) is 5.84. The lowest BCUT2D eigenvalue weighted by Gasteiger charge is -2.17. The van der Waals surface area contributed by atoms with Crippen molar-refractivity contribution in [1.29, 1.82) is 0 Å². The molecule has 0 spiro atoms. The first-order valence-electron chi connectivity index (χ1n) is 6.02. The van der Waals surface area contributed by atoms with Gasteiger partial charge in [-0.05, 0) is 42.3 Å². The zero-order valence-electron chi connectivity index (χ0n) is 10.8. The van der Waals surface area contributed by atoms with E-state index < -0.39 is 12.0 Å². The Bertz CT molecular complexity index is 643. The number of carboxylic acids is 1. The fraction of sp³-hybridized carbons (Fsp3) is 0.133. The maximum absolute atomic E-state index is 11.4. The van der Waals surface area contributed by atoms with Crippen LogP contribution in [0, 0.1) is 6.92 Å². The van der Waals surface area contributed by atoms with E-state index in [9.17, 15) is 15.0 Å². The number of aliphatic carboxylic acids is 1. The number of carbonyl (C=O) groups is 1. The summed E-state index contributed by atoms with van der Waals surface area (Å²) in [6, 6.07) is 10.9. The molecular formula is C15H14ClNO3. The first kappa shape index (κ1) is 14.2. The molecule has 1 atom stereocenters. The van der Waals surface area contributed by atoms with E-state index in [-0.39, 0.29) is 10.8 Å². The first-order valence-corrected chi connectivity index (χ1v) is 6.39. The number of carboxylic acid groups (broad SMARTS) is 1. The molecule has 0 bridgehead atoms. The highest BCUT2D eigenvalue weighted by atomic mass is 35.5. The molecule has 0 heterocycles. The summed E-state index contributed by atoms with van der Waals surface area (Å²) in [6.45, 7) is 1.93. The average Bonchev–Trinajstić information content (AvgIpc) is 2.39. The Kier molecular flexibility index (Phi) is 4.15. The molecule has 104 valence electrons. The highest BCUT2D eigenvalue weighted by Crippen LogP contribution is 2.28. The van der Waals surface area contributed by atoms with Gasteiger partial charge < -0.3 is 15.5 Å². The molecule has 1 unspecified atom stereocenters. The fourth-order valence-electron chi connectivity index (χ4n) is 1.89. The summed E-state index contributed by atoms with van der Waals surface area (Å²) >= 11 is 5.82. The van der Waals surface area contributed by atoms with Gasteiger partial charge in [-0.1, -0.05) is 29.8 Å². The third-order valence-electron chi connectivity index (χ3n) is 2.88. The molecule has 4 nitrogen and oxygen atoms in total. The first-order chi connectivity index (χ1) is 9.47. The highest BCUT2D eigenvalue weighted by molar-refractivity contribution is 6.32. The molecular weight excluding hydrogens is 278 g/mol. The molecule has 0 fully saturated rings. The molecule has 0 saturated heterocycles. The van der Waals surface area contributed by atoms with E-state index in [2.05, 4.69) is 5.32 Å². The van der Waals surface area contributed by atoms with Crippen LogP contribution in [0.3, 0.4) is 0 Å². The minimum Gasteiger partial charge on any atom is -0.506 e. The Hall–Kier alpha value is -2.20. The average molecular weight is 292 g/mol. The lowest BCUT2D eigenvalue weighted by Crippen LogP contribution is -2.20. The Morgan fingerprint density at radius 1 is 1.25 bits per heavy atom. The van der Waals surface area contributed by atoms with Crippen LogP contribution in [0.4, 0.5) is 5.69 Å².